The number of carbonyl (C=O) groups is 1. The zero-order chi connectivity index (χ0) is 22.3. The molecule has 0 saturated heterocycles. The molecule has 1 aromatic heterocycles. The summed E-state index contributed by atoms with van der Waals surface area (Å²) in [5.74, 6) is 1.01. The lowest BCUT2D eigenvalue weighted by atomic mass is 10.1. The Morgan fingerprint density at radius 1 is 1.03 bits per heavy atom. The normalized spacial score (nSPS) is 11.0. The van der Waals surface area contributed by atoms with Crippen LogP contribution in [0.15, 0.2) is 60.7 Å². The Kier molecular flexibility index (Phi) is 6.91. The van der Waals surface area contributed by atoms with Crippen molar-refractivity contribution < 1.29 is 27.4 Å². The molecule has 0 bridgehead atoms. The van der Waals surface area contributed by atoms with Gasteiger partial charge in [-0.25, -0.2) is 4.79 Å². The third kappa shape index (κ3) is 6.33. The summed E-state index contributed by atoms with van der Waals surface area (Å²) in [6.45, 7) is 0.222. The van der Waals surface area contributed by atoms with E-state index < -0.39 is 17.8 Å². The molecule has 2 aromatic carbocycles. The highest BCUT2D eigenvalue weighted by molar-refractivity contribution is 5.89. The number of alkyl halides is 3. The SMILES string of the molecule is COc1ccc(-c2ccc(OCCNC(=O)Nc3cccc(C(F)(F)F)c3)nn2)cc1. The van der Waals surface area contributed by atoms with Crippen molar-refractivity contribution in [3.05, 3.63) is 66.2 Å². The van der Waals surface area contributed by atoms with E-state index in [4.69, 9.17) is 9.47 Å². The lowest BCUT2D eigenvalue weighted by Gasteiger charge is -2.11. The van der Waals surface area contributed by atoms with Gasteiger partial charge < -0.3 is 20.1 Å². The van der Waals surface area contributed by atoms with E-state index in [9.17, 15) is 18.0 Å². The highest BCUT2D eigenvalue weighted by Gasteiger charge is 2.30. The number of hydrogen-bond donors (Lipinski definition) is 2. The molecule has 0 radical (unpaired) electrons. The van der Waals surface area contributed by atoms with Gasteiger partial charge in [-0.05, 0) is 48.5 Å². The van der Waals surface area contributed by atoms with Crippen molar-refractivity contribution in [1.82, 2.24) is 15.5 Å². The molecule has 0 aliphatic carbocycles. The summed E-state index contributed by atoms with van der Waals surface area (Å²) in [6, 6.07) is 14.5. The second-order valence-corrected chi connectivity index (χ2v) is 6.29. The Morgan fingerprint density at radius 3 is 2.45 bits per heavy atom. The molecule has 0 aliphatic heterocycles. The minimum absolute atomic E-state index is 0.0354. The van der Waals surface area contributed by atoms with Gasteiger partial charge in [-0.2, -0.15) is 13.2 Å². The number of aromatic nitrogens is 2. The second kappa shape index (κ2) is 9.79. The van der Waals surface area contributed by atoms with E-state index in [-0.39, 0.29) is 24.7 Å². The van der Waals surface area contributed by atoms with Crippen LogP contribution in [0.1, 0.15) is 5.56 Å². The first-order chi connectivity index (χ1) is 14.8. The van der Waals surface area contributed by atoms with E-state index in [0.717, 1.165) is 23.4 Å². The van der Waals surface area contributed by atoms with Gasteiger partial charge in [0.15, 0.2) is 0 Å². The summed E-state index contributed by atoms with van der Waals surface area (Å²) in [5.41, 5.74) is 0.722. The largest absolute Gasteiger partial charge is 0.497 e. The molecule has 0 fully saturated rings. The summed E-state index contributed by atoms with van der Waals surface area (Å²) in [7, 11) is 1.59. The van der Waals surface area contributed by atoms with Gasteiger partial charge in [0, 0.05) is 17.3 Å². The monoisotopic (exact) mass is 432 g/mol. The highest BCUT2D eigenvalue weighted by Crippen LogP contribution is 2.30. The quantitative estimate of drug-likeness (QED) is 0.542. The van der Waals surface area contributed by atoms with Gasteiger partial charge in [-0.3, -0.25) is 0 Å². The molecule has 7 nitrogen and oxygen atoms in total. The molecule has 162 valence electrons. The van der Waals surface area contributed by atoms with Gasteiger partial charge in [-0.15, -0.1) is 10.2 Å². The average molecular weight is 432 g/mol. The molecule has 10 heteroatoms. The molecular formula is C21H19F3N4O3. The van der Waals surface area contributed by atoms with Gasteiger partial charge in [0.05, 0.1) is 24.9 Å². The van der Waals surface area contributed by atoms with Crippen LogP contribution in [0.25, 0.3) is 11.3 Å². The van der Waals surface area contributed by atoms with Crippen LogP contribution in [-0.4, -0.2) is 36.5 Å². The van der Waals surface area contributed by atoms with E-state index in [1.807, 2.05) is 24.3 Å². The lowest BCUT2D eigenvalue weighted by molar-refractivity contribution is -0.137. The van der Waals surface area contributed by atoms with Crippen molar-refractivity contribution in [1.29, 1.82) is 0 Å². The molecule has 0 aliphatic rings. The van der Waals surface area contributed by atoms with Crippen LogP contribution in [0, 0.1) is 0 Å². The summed E-state index contributed by atoms with van der Waals surface area (Å²) in [5, 5.41) is 12.9. The number of methoxy groups -OCH3 is 1. The third-order valence-electron chi connectivity index (χ3n) is 4.11. The van der Waals surface area contributed by atoms with E-state index in [0.29, 0.717) is 5.69 Å². The number of nitrogens with one attached hydrogen (secondary N) is 2. The van der Waals surface area contributed by atoms with Crippen molar-refractivity contribution >= 4 is 11.7 Å². The topological polar surface area (TPSA) is 85.4 Å². The maximum atomic E-state index is 12.7. The molecule has 1 heterocycles. The van der Waals surface area contributed by atoms with Crippen LogP contribution in [0.3, 0.4) is 0 Å². The van der Waals surface area contributed by atoms with Crippen molar-refractivity contribution in [3.63, 3.8) is 0 Å². The fourth-order valence-electron chi connectivity index (χ4n) is 2.58. The van der Waals surface area contributed by atoms with Crippen LogP contribution >= 0.6 is 0 Å². The smallest absolute Gasteiger partial charge is 0.416 e. The zero-order valence-electron chi connectivity index (χ0n) is 16.4. The first kappa shape index (κ1) is 21.9. The number of nitrogens with zero attached hydrogens (tertiary/aromatic N) is 2. The van der Waals surface area contributed by atoms with E-state index in [2.05, 4.69) is 20.8 Å². The van der Waals surface area contributed by atoms with Crippen molar-refractivity contribution in [2.24, 2.45) is 0 Å². The molecule has 0 atom stereocenters. The number of benzene rings is 2. The zero-order valence-corrected chi connectivity index (χ0v) is 16.4. The molecule has 3 aromatic rings. The number of urea groups is 1. The summed E-state index contributed by atoms with van der Waals surface area (Å²) < 4.78 is 48.6. The van der Waals surface area contributed by atoms with Crippen LogP contribution in [0.5, 0.6) is 11.6 Å². The van der Waals surface area contributed by atoms with E-state index >= 15 is 0 Å². The maximum Gasteiger partial charge on any atom is 0.416 e. The third-order valence-corrected chi connectivity index (χ3v) is 4.11. The van der Waals surface area contributed by atoms with Crippen LogP contribution in [0.2, 0.25) is 0 Å². The minimum Gasteiger partial charge on any atom is -0.497 e. The number of ether oxygens (including phenoxy) is 2. The number of hydrogen-bond acceptors (Lipinski definition) is 5. The lowest BCUT2D eigenvalue weighted by Crippen LogP contribution is -2.32. The van der Waals surface area contributed by atoms with E-state index in [1.165, 1.54) is 12.1 Å². The van der Waals surface area contributed by atoms with Gasteiger partial charge in [0.2, 0.25) is 5.88 Å². The molecule has 2 N–H and O–H groups in total. The van der Waals surface area contributed by atoms with Crippen molar-refractivity contribution in [2.75, 3.05) is 25.6 Å². The number of carbonyl (C=O) groups excluding carboxylic acids is 1. The molecule has 0 unspecified atom stereocenters. The molecule has 0 spiro atoms. The molecule has 2 amide bonds. The fraction of sp³-hybridized carbons (Fsp3) is 0.190. The minimum atomic E-state index is -4.48. The highest BCUT2D eigenvalue weighted by atomic mass is 19.4. The average Bonchev–Trinajstić information content (AvgIpc) is 2.77. The van der Waals surface area contributed by atoms with Crippen LogP contribution < -0.4 is 20.1 Å². The Morgan fingerprint density at radius 2 is 1.81 bits per heavy atom. The summed E-state index contributed by atoms with van der Waals surface area (Å²) in [6.07, 6.45) is -4.48. The van der Waals surface area contributed by atoms with Gasteiger partial charge in [-0.1, -0.05) is 6.07 Å². The molecular weight excluding hydrogens is 413 g/mol. The second-order valence-electron chi connectivity index (χ2n) is 6.29. The standard InChI is InChI=1S/C21H19F3N4O3/c1-30-17-7-5-14(6-8-17)18-9-10-19(28-27-18)31-12-11-25-20(29)26-16-4-2-3-15(13-16)21(22,23)24/h2-10,13H,11-12H2,1H3,(H2,25,26,29). The Labute approximate surface area is 176 Å². The summed E-state index contributed by atoms with van der Waals surface area (Å²) in [4.78, 5) is 11.8. The van der Waals surface area contributed by atoms with Crippen LogP contribution in [0.4, 0.5) is 23.7 Å². The van der Waals surface area contributed by atoms with Crippen molar-refractivity contribution in [2.45, 2.75) is 6.18 Å². The number of anilines is 1. The van der Waals surface area contributed by atoms with Crippen LogP contribution in [-0.2, 0) is 6.18 Å². The Bertz CT molecular complexity index is 1010. The molecule has 0 saturated carbocycles. The first-order valence-electron chi connectivity index (χ1n) is 9.18. The first-order valence-corrected chi connectivity index (χ1v) is 9.18. The molecule has 3 rings (SSSR count). The number of amides is 2. The fourth-order valence-corrected chi connectivity index (χ4v) is 2.58. The number of halogens is 3. The predicted octanol–water partition coefficient (Wildman–Crippen LogP) is 4.37. The van der Waals surface area contributed by atoms with E-state index in [1.54, 1.807) is 19.2 Å². The van der Waals surface area contributed by atoms with Gasteiger partial charge in [0.25, 0.3) is 0 Å². The Balaban J connectivity index is 1.43. The van der Waals surface area contributed by atoms with Gasteiger partial charge in [0.1, 0.15) is 12.4 Å². The van der Waals surface area contributed by atoms with Crippen molar-refractivity contribution in [3.8, 4) is 22.9 Å². The summed E-state index contributed by atoms with van der Waals surface area (Å²) >= 11 is 0. The molecule has 31 heavy (non-hydrogen) atoms. The predicted molar refractivity (Wildman–Crippen MR) is 108 cm³/mol. The Hall–Kier alpha value is -3.82. The number of rotatable bonds is 7. The maximum absolute atomic E-state index is 12.7. The van der Waals surface area contributed by atoms with Gasteiger partial charge >= 0.3 is 12.2 Å².